The van der Waals surface area contributed by atoms with Crippen LogP contribution >= 0.6 is 11.6 Å². The summed E-state index contributed by atoms with van der Waals surface area (Å²) in [6, 6.07) is 0.985. The average molecular weight is 647 g/mol. The number of amides is 1. The van der Waals surface area contributed by atoms with Crippen LogP contribution in [0.4, 0.5) is 22.0 Å². The zero-order chi connectivity index (χ0) is 32.0. The lowest BCUT2D eigenvalue weighted by Gasteiger charge is -2.39. The number of aromatic nitrogens is 3. The molecule has 3 rings (SSSR count). The first-order valence-electron chi connectivity index (χ1n) is 12.8. The van der Waals surface area contributed by atoms with E-state index in [9.17, 15) is 37.0 Å². The number of alkyl halides is 5. The Morgan fingerprint density at radius 3 is 2.48 bits per heavy atom. The Bertz CT molecular complexity index is 1290. The molecule has 0 saturated heterocycles. The van der Waals surface area contributed by atoms with E-state index in [4.69, 9.17) is 20.0 Å². The molecule has 2 aromatic rings. The second-order valence-electron chi connectivity index (χ2n) is 10.7. The third kappa shape index (κ3) is 8.45. The molecule has 236 valence electrons. The molecule has 1 fully saturated rings. The largest absolute Gasteiger partial charge is 0.434 e. The van der Waals surface area contributed by atoms with E-state index in [0.29, 0.717) is 12.8 Å². The molecule has 10 nitrogen and oxygen atoms in total. The Labute approximate surface area is 247 Å². The van der Waals surface area contributed by atoms with Crippen LogP contribution in [-0.2, 0) is 24.5 Å². The van der Waals surface area contributed by atoms with Gasteiger partial charge in [0.15, 0.2) is 5.69 Å². The number of halogens is 6. The molecular weight excluding hydrogens is 615 g/mol. The topological polar surface area (TPSA) is 144 Å². The third-order valence-corrected chi connectivity index (χ3v) is 7.42. The van der Waals surface area contributed by atoms with Crippen LogP contribution in [-0.4, -0.2) is 70.3 Å². The molecule has 2 heterocycles. The number of hydrogen-bond donors (Lipinski definition) is 3. The molecule has 17 heteroatoms. The standard InChI is InChI=1S/C25H32ClF5N4O4.O2S/c1-5-35-20(15-11-32-14(9-16(15)39-22(27)28)10-23(3,4)25(29,30)31)18(26)19(34-35)21(37)33-12-24(38)7-6-13(2)8-17(24)36;1-3-2/h9,11,13,17,22,36,38H,5-8,10,12H2,1-4H3,(H,33,37);/t13-,17-,24-;/m0./s1. The quantitative estimate of drug-likeness (QED) is 0.342. The van der Waals surface area contributed by atoms with Gasteiger partial charge in [-0.2, -0.15) is 35.5 Å². The van der Waals surface area contributed by atoms with Gasteiger partial charge in [-0.15, -0.1) is 0 Å². The number of carbonyl (C=O) groups excluding carboxylic acids is 1. The molecule has 0 aliphatic heterocycles. The lowest BCUT2D eigenvalue weighted by molar-refractivity contribution is -0.211. The second kappa shape index (κ2) is 14.2. The van der Waals surface area contributed by atoms with Crippen molar-refractivity contribution in [2.24, 2.45) is 11.3 Å². The number of nitrogens with zero attached hydrogens (tertiary/aromatic N) is 3. The highest BCUT2D eigenvalue weighted by Crippen LogP contribution is 2.42. The summed E-state index contributed by atoms with van der Waals surface area (Å²) in [5.41, 5.74) is -4.24. The van der Waals surface area contributed by atoms with E-state index >= 15 is 0 Å². The molecule has 0 radical (unpaired) electrons. The van der Waals surface area contributed by atoms with E-state index in [1.165, 1.54) is 4.68 Å². The summed E-state index contributed by atoms with van der Waals surface area (Å²) >= 11 is 5.73. The molecule has 1 amide bonds. The van der Waals surface area contributed by atoms with E-state index in [0.717, 1.165) is 26.1 Å². The summed E-state index contributed by atoms with van der Waals surface area (Å²) in [4.78, 5) is 17.0. The van der Waals surface area contributed by atoms with E-state index in [1.807, 2.05) is 6.92 Å². The number of aryl methyl sites for hydroxylation is 1. The SMILES string of the molecule is CCn1nc(C(=O)NC[C@@]2(O)CC[C@H](C)C[C@@H]2O)c(Cl)c1-c1cnc(CC(C)(C)C(F)(F)F)cc1OC(F)F.O=S=O. The van der Waals surface area contributed by atoms with Crippen LogP contribution in [0, 0.1) is 11.3 Å². The van der Waals surface area contributed by atoms with Crippen molar-refractivity contribution in [3.05, 3.63) is 28.7 Å². The number of aliphatic hydroxyl groups is 2. The number of hydrogen-bond acceptors (Lipinski definition) is 8. The minimum atomic E-state index is -4.57. The van der Waals surface area contributed by atoms with Crippen LogP contribution in [0.25, 0.3) is 11.3 Å². The van der Waals surface area contributed by atoms with Crippen molar-refractivity contribution in [3.63, 3.8) is 0 Å². The fraction of sp³-hybridized carbons (Fsp3) is 0.640. The second-order valence-corrected chi connectivity index (χ2v) is 11.2. The number of aliphatic hydroxyl groups excluding tert-OH is 1. The molecule has 0 spiro atoms. The van der Waals surface area contributed by atoms with E-state index in [1.54, 1.807) is 6.92 Å². The number of rotatable bonds is 9. The van der Waals surface area contributed by atoms with E-state index in [-0.39, 0.29) is 53.1 Å². The zero-order valence-electron chi connectivity index (χ0n) is 23.2. The first-order chi connectivity index (χ1) is 19.4. The Kier molecular flexibility index (Phi) is 12.0. The zero-order valence-corrected chi connectivity index (χ0v) is 24.7. The number of ether oxygens (including phenoxy) is 1. The highest BCUT2D eigenvalue weighted by molar-refractivity contribution is 7.51. The van der Waals surface area contributed by atoms with Crippen molar-refractivity contribution in [2.45, 2.75) is 84.4 Å². The number of nitrogens with one attached hydrogen (secondary N) is 1. The van der Waals surface area contributed by atoms with Crippen molar-refractivity contribution < 1.29 is 50.1 Å². The molecule has 3 atom stereocenters. The fourth-order valence-corrected chi connectivity index (χ4v) is 4.80. The molecule has 42 heavy (non-hydrogen) atoms. The lowest BCUT2D eigenvalue weighted by atomic mass is 9.77. The first kappa shape index (κ1) is 35.5. The van der Waals surface area contributed by atoms with Crippen molar-refractivity contribution in [1.29, 1.82) is 0 Å². The minimum absolute atomic E-state index is 0.000615. The van der Waals surface area contributed by atoms with Crippen LogP contribution < -0.4 is 10.1 Å². The summed E-state index contributed by atoms with van der Waals surface area (Å²) in [7, 11) is 0. The van der Waals surface area contributed by atoms with Gasteiger partial charge in [-0.3, -0.25) is 14.5 Å². The molecule has 1 aliphatic carbocycles. The number of carbonyl (C=O) groups is 1. The minimum Gasteiger partial charge on any atom is -0.434 e. The number of pyridine rings is 1. The van der Waals surface area contributed by atoms with Gasteiger partial charge in [-0.25, -0.2) is 0 Å². The van der Waals surface area contributed by atoms with Gasteiger partial charge in [0.2, 0.25) is 0 Å². The highest BCUT2D eigenvalue weighted by atomic mass is 35.5. The predicted molar refractivity (Wildman–Crippen MR) is 142 cm³/mol. The molecule has 0 bridgehead atoms. The van der Waals surface area contributed by atoms with Crippen LogP contribution in [0.3, 0.4) is 0 Å². The molecule has 2 aromatic heterocycles. The van der Waals surface area contributed by atoms with Gasteiger partial charge in [0.1, 0.15) is 11.4 Å². The maximum absolute atomic E-state index is 13.4. The molecule has 1 saturated carbocycles. The maximum Gasteiger partial charge on any atom is 0.394 e. The monoisotopic (exact) mass is 646 g/mol. The molecule has 0 aromatic carbocycles. The molecule has 3 N–H and O–H groups in total. The molecule has 0 unspecified atom stereocenters. The Balaban J connectivity index is 0.00000197. The average Bonchev–Trinajstić information content (AvgIpc) is 3.21. The van der Waals surface area contributed by atoms with Crippen molar-refractivity contribution in [3.8, 4) is 17.0 Å². The van der Waals surface area contributed by atoms with Crippen molar-refractivity contribution in [1.82, 2.24) is 20.1 Å². The Morgan fingerprint density at radius 2 is 1.95 bits per heavy atom. The van der Waals surface area contributed by atoms with E-state index in [2.05, 4.69) is 20.1 Å². The molecular formula is C25H32ClF5N4O6S. The Morgan fingerprint density at radius 1 is 1.33 bits per heavy atom. The smallest absolute Gasteiger partial charge is 0.394 e. The normalized spacial score (nSPS) is 21.0. The molecule has 1 aliphatic rings. The van der Waals surface area contributed by atoms with Gasteiger partial charge in [-0.1, -0.05) is 32.4 Å². The van der Waals surface area contributed by atoms with Crippen LogP contribution in [0.5, 0.6) is 5.75 Å². The first-order valence-corrected chi connectivity index (χ1v) is 13.8. The van der Waals surface area contributed by atoms with Crippen LogP contribution in [0.15, 0.2) is 12.3 Å². The predicted octanol–water partition coefficient (Wildman–Crippen LogP) is 4.32. The summed E-state index contributed by atoms with van der Waals surface area (Å²) in [5.74, 6) is -1.04. The Hall–Kier alpha value is -2.69. The van der Waals surface area contributed by atoms with Gasteiger partial charge in [0, 0.05) is 37.5 Å². The van der Waals surface area contributed by atoms with Gasteiger partial charge in [-0.05, 0) is 32.1 Å². The summed E-state index contributed by atoms with van der Waals surface area (Å²) in [6.07, 6.45) is -3.84. The van der Waals surface area contributed by atoms with Gasteiger partial charge < -0.3 is 20.3 Å². The third-order valence-electron chi connectivity index (χ3n) is 7.06. The van der Waals surface area contributed by atoms with Crippen LogP contribution in [0.1, 0.15) is 63.1 Å². The van der Waals surface area contributed by atoms with Gasteiger partial charge in [0.25, 0.3) is 5.91 Å². The fourth-order valence-electron chi connectivity index (χ4n) is 4.47. The maximum atomic E-state index is 13.4. The van der Waals surface area contributed by atoms with Crippen molar-refractivity contribution in [2.75, 3.05) is 6.54 Å². The van der Waals surface area contributed by atoms with Gasteiger partial charge in [0.05, 0.1) is 27.8 Å². The summed E-state index contributed by atoms with van der Waals surface area (Å²) < 4.78 is 89.1. The summed E-state index contributed by atoms with van der Waals surface area (Å²) in [6.45, 7) is 2.10. The highest BCUT2D eigenvalue weighted by Gasteiger charge is 2.47. The lowest BCUT2D eigenvalue weighted by Crippen LogP contribution is -2.54. The van der Waals surface area contributed by atoms with Gasteiger partial charge >= 0.3 is 24.4 Å². The summed E-state index contributed by atoms with van der Waals surface area (Å²) in [5, 5.41) is 27.6. The van der Waals surface area contributed by atoms with Crippen molar-refractivity contribution >= 4 is 29.1 Å². The van der Waals surface area contributed by atoms with Crippen LogP contribution in [0.2, 0.25) is 5.02 Å². The van der Waals surface area contributed by atoms with E-state index < -0.39 is 59.6 Å².